The second kappa shape index (κ2) is 5.95. The number of rotatable bonds is 5. The molecule has 1 aromatic heterocycles. The maximum atomic E-state index is 11.5. The third-order valence-electron chi connectivity index (χ3n) is 2.22. The topological polar surface area (TPSA) is 45.8 Å². The van der Waals surface area contributed by atoms with E-state index in [1.165, 1.54) is 0 Å². The molecule has 1 rings (SSSR count). The minimum Gasteiger partial charge on any atom is -0.310 e. The number of aromatic amines is 1. The number of thioether (sulfide) groups is 1. The van der Waals surface area contributed by atoms with E-state index in [2.05, 4.69) is 16.9 Å². The van der Waals surface area contributed by atoms with Crippen molar-refractivity contribution in [3.8, 4) is 0 Å². The van der Waals surface area contributed by atoms with Gasteiger partial charge in [0.2, 0.25) is 0 Å². The van der Waals surface area contributed by atoms with E-state index in [4.69, 9.17) is 0 Å². The van der Waals surface area contributed by atoms with Gasteiger partial charge >= 0.3 is 0 Å². The Bertz CT molecular complexity index is 373. The first-order valence-corrected chi connectivity index (χ1v) is 6.50. The molecule has 1 heterocycles. The molecule has 0 bridgehead atoms. The van der Waals surface area contributed by atoms with E-state index in [0.717, 1.165) is 41.4 Å². The van der Waals surface area contributed by atoms with Gasteiger partial charge < -0.3 is 4.98 Å². The molecule has 0 aliphatic carbocycles. The van der Waals surface area contributed by atoms with E-state index < -0.39 is 0 Å². The Morgan fingerprint density at radius 3 is 2.73 bits per heavy atom. The number of nitrogens with zero attached hydrogens (tertiary/aromatic N) is 1. The zero-order valence-corrected chi connectivity index (χ0v) is 10.4. The number of aromatic nitrogens is 2. The third-order valence-corrected chi connectivity index (χ3v) is 3.40. The molecule has 4 heteroatoms. The van der Waals surface area contributed by atoms with Crippen molar-refractivity contribution in [1.82, 2.24) is 9.97 Å². The van der Waals surface area contributed by atoms with Crippen LogP contribution in [0.25, 0.3) is 0 Å². The summed E-state index contributed by atoms with van der Waals surface area (Å²) < 4.78 is 0. The summed E-state index contributed by atoms with van der Waals surface area (Å²) in [6, 6.07) is 0. The quantitative estimate of drug-likeness (QED) is 0.783. The molecule has 84 valence electrons. The Balaban J connectivity index is 2.82. The average Bonchev–Trinajstić information content (AvgIpc) is 2.23. The predicted octanol–water partition coefficient (Wildman–Crippen LogP) is 2.28. The zero-order valence-electron chi connectivity index (χ0n) is 9.59. The van der Waals surface area contributed by atoms with E-state index in [1.807, 2.05) is 25.6 Å². The van der Waals surface area contributed by atoms with Crippen molar-refractivity contribution in [3.63, 3.8) is 0 Å². The molecule has 0 atom stereocenters. The van der Waals surface area contributed by atoms with Crippen LogP contribution in [0.1, 0.15) is 37.4 Å². The fraction of sp³-hybridized carbons (Fsp3) is 0.636. The number of H-pyrrole nitrogens is 1. The van der Waals surface area contributed by atoms with Crippen molar-refractivity contribution in [1.29, 1.82) is 0 Å². The Hall–Kier alpha value is -0.770. The first kappa shape index (κ1) is 12.3. The molecule has 0 saturated heterocycles. The lowest BCUT2D eigenvalue weighted by Gasteiger charge is -2.05. The molecular weight excluding hydrogens is 208 g/mol. The lowest BCUT2D eigenvalue weighted by Crippen LogP contribution is -2.17. The van der Waals surface area contributed by atoms with Crippen LogP contribution in [-0.4, -0.2) is 15.7 Å². The standard InChI is InChI=1S/C11H18N2OS/c1-4-6-15-7-10-12-9(5-2)8(3)11(14)13-10/h4-7H2,1-3H3,(H,12,13,14). The normalized spacial score (nSPS) is 10.6. The SMILES string of the molecule is CCCSCc1nc(CC)c(C)c(=O)[nH]1. The molecule has 0 aliphatic heterocycles. The van der Waals surface area contributed by atoms with Gasteiger partial charge in [-0.05, 0) is 25.5 Å². The molecule has 0 aromatic carbocycles. The summed E-state index contributed by atoms with van der Waals surface area (Å²) in [7, 11) is 0. The average molecular weight is 226 g/mol. The van der Waals surface area contributed by atoms with Gasteiger partial charge in [0.25, 0.3) is 5.56 Å². The van der Waals surface area contributed by atoms with Crippen LogP contribution >= 0.6 is 11.8 Å². The van der Waals surface area contributed by atoms with Crippen LogP contribution in [0.5, 0.6) is 0 Å². The molecular formula is C11H18N2OS. The van der Waals surface area contributed by atoms with Crippen LogP contribution in [0.2, 0.25) is 0 Å². The van der Waals surface area contributed by atoms with Crippen molar-refractivity contribution < 1.29 is 0 Å². The van der Waals surface area contributed by atoms with E-state index in [1.54, 1.807) is 0 Å². The summed E-state index contributed by atoms with van der Waals surface area (Å²) in [5, 5.41) is 0. The summed E-state index contributed by atoms with van der Waals surface area (Å²) in [5.74, 6) is 2.72. The van der Waals surface area contributed by atoms with E-state index >= 15 is 0 Å². The van der Waals surface area contributed by atoms with Gasteiger partial charge in [0, 0.05) is 5.56 Å². The molecule has 0 saturated carbocycles. The van der Waals surface area contributed by atoms with Crippen LogP contribution in [0.4, 0.5) is 0 Å². The first-order valence-electron chi connectivity index (χ1n) is 5.35. The maximum Gasteiger partial charge on any atom is 0.254 e. The zero-order chi connectivity index (χ0) is 11.3. The van der Waals surface area contributed by atoms with Crippen molar-refractivity contribution >= 4 is 11.8 Å². The molecule has 15 heavy (non-hydrogen) atoms. The van der Waals surface area contributed by atoms with Crippen LogP contribution in [0.3, 0.4) is 0 Å². The highest BCUT2D eigenvalue weighted by Crippen LogP contribution is 2.09. The van der Waals surface area contributed by atoms with Crippen LogP contribution < -0.4 is 5.56 Å². The van der Waals surface area contributed by atoms with Crippen molar-refractivity contribution in [2.45, 2.75) is 39.4 Å². The lowest BCUT2D eigenvalue weighted by molar-refractivity contribution is 0.895. The van der Waals surface area contributed by atoms with Crippen LogP contribution in [0.15, 0.2) is 4.79 Å². The Labute approximate surface area is 94.7 Å². The monoisotopic (exact) mass is 226 g/mol. The molecule has 0 fully saturated rings. The van der Waals surface area contributed by atoms with Gasteiger partial charge in [0.15, 0.2) is 0 Å². The largest absolute Gasteiger partial charge is 0.310 e. The maximum absolute atomic E-state index is 11.5. The molecule has 3 nitrogen and oxygen atoms in total. The fourth-order valence-electron chi connectivity index (χ4n) is 1.36. The van der Waals surface area contributed by atoms with Gasteiger partial charge in [-0.1, -0.05) is 13.8 Å². The number of hydrogen-bond donors (Lipinski definition) is 1. The Morgan fingerprint density at radius 1 is 1.40 bits per heavy atom. The second-order valence-corrected chi connectivity index (χ2v) is 4.60. The van der Waals surface area contributed by atoms with Gasteiger partial charge in [0.05, 0.1) is 11.4 Å². The number of nitrogens with one attached hydrogen (secondary N) is 1. The Kier molecular flexibility index (Phi) is 4.88. The molecule has 1 N–H and O–H groups in total. The first-order chi connectivity index (χ1) is 7.19. The molecule has 0 amide bonds. The summed E-state index contributed by atoms with van der Waals surface area (Å²) in [6.45, 7) is 6.00. The van der Waals surface area contributed by atoms with E-state index in [-0.39, 0.29) is 5.56 Å². The summed E-state index contributed by atoms with van der Waals surface area (Å²) in [5.41, 5.74) is 1.68. The summed E-state index contributed by atoms with van der Waals surface area (Å²) in [4.78, 5) is 18.8. The van der Waals surface area contributed by atoms with Gasteiger partial charge in [-0.25, -0.2) is 4.98 Å². The third kappa shape index (κ3) is 3.38. The molecule has 0 aliphatic rings. The smallest absolute Gasteiger partial charge is 0.254 e. The minimum atomic E-state index is 0.00829. The van der Waals surface area contributed by atoms with Gasteiger partial charge in [-0.2, -0.15) is 11.8 Å². The number of hydrogen-bond acceptors (Lipinski definition) is 3. The predicted molar refractivity (Wildman–Crippen MR) is 65.4 cm³/mol. The summed E-state index contributed by atoms with van der Waals surface area (Å²) in [6.07, 6.45) is 1.97. The number of aryl methyl sites for hydroxylation is 1. The van der Waals surface area contributed by atoms with E-state index in [0.29, 0.717) is 0 Å². The second-order valence-electron chi connectivity index (χ2n) is 3.49. The highest BCUT2D eigenvalue weighted by molar-refractivity contribution is 7.98. The molecule has 0 spiro atoms. The highest BCUT2D eigenvalue weighted by Gasteiger charge is 2.05. The van der Waals surface area contributed by atoms with Crippen molar-refractivity contribution in [2.24, 2.45) is 0 Å². The Morgan fingerprint density at radius 2 is 2.13 bits per heavy atom. The van der Waals surface area contributed by atoms with Gasteiger partial charge in [0.1, 0.15) is 5.82 Å². The highest BCUT2D eigenvalue weighted by atomic mass is 32.2. The van der Waals surface area contributed by atoms with Gasteiger partial charge in [-0.3, -0.25) is 4.79 Å². The van der Waals surface area contributed by atoms with Crippen LogP contribution in [-0.2, 0) is 12.2 Å². The van der Waals surface area contributed by atoms with Crippen molar-refractivity contribution in [3.05, 3.63) is 27.4 Å². The summed E-state index contributed by atoms with van der Waals surface area (Å²) >= 11 is 1.81. The molecule has 1 aromatic rings. The minimum absolute atomic E-state index is 0.00829. The van der Waals surface area contributed by atoms with Gasteiger partial charge in [-0.15, -0.1) is 0 Å². The van der Waals surface area contributed by atoms with E-state index in [9.17, 15) is 4.79 Å². The molecule has 0 unspecified atom stereocenters. The van der Waals surface area contributed by atoms with Crippen molar-refractivity contribution in [2.75, 3.05) is 5.75 Å². The lowest BCUT2D eigenvalue weighted by atomic mass is 10.2. The molecule has 0 radical (unpaired) electrons. The van der Waals surface area contributed by atoms with Crippen LogP contribution in [0, 0.1) is 6.92 Å². The fourth-order valence-corrected chi connectivity index (χ4v) is 2.12.